The molecule has 1 unspecified atom stereocenters. The van der Waals surface area contributed by atoms with Crippen LogP contribution in [-0.2, 0) is 25.6 Å². The molecule has 0 radical (unpaired) electrons. The van der Waals surface area contributed by atoms with Crippen molar-refractivity contribution in [1.82, 2.24) is 4.90 Å². The predicted octanol–water partition coefficient (Wildman–Crippen LogP) is 2.81. The minimum atomic E-state index is -0.482. The van der Waals surface area contributed by atoms with Crippen LogP contribution in [0.15, 0.2) is 35.4 Å². The van der Waals surface area contributed by atoms with Gasteiger partial charge in [0.05, 0.1) is 13.7 Å². The maximum Gasteiger partial charge on any atom is 0.332 e. The summed E-state index contributed by atoms with van der Waals surface area (Å²) in [6, 6.07) is 7.62. The Kier molecular flexibility index (Phi) is 5.93. The smallest absolute Gasteiger partial charge is 0.332 e. The van der Waals surface area contributed by atoms with Crippen molar-refractivity contribution in [3.05, 3.63) is 41.0 Å². The predicted molar refractivity (Wildman–Crippen MR) is 95.4 cm³/mol. The summed E-state index contributed by atoms with van der Waals surface area (Å²) in [7, 11) is 1.62. The molecule has 1 aliphatic heterocycles. The van der Waals surface area contributed by atoms with Gasteiger partial charge in [-0.15, -0.1) is 0 Å². The quantitative estimate of drug-likeness (QED) is 0.701. The average molecular weight is 359 g/mol. The summed E-state index contributed by atoms with van der Waals surface area (Å²) >= 11 is 0. The molecule has 3 rings (SSSR count). The normalized spacial score (nSPS) is 19.5. The van der Waals surface area contributed by atoms with Crippen LogP contribution in [0, 0.1) is 0 Å². The molecule has 1 amide bonds. The first-order valence-corrected chi connectivity index (χ1v) is 9.07. The topological polar surface area (TPSA) is 65.1 Å². The molecule has 26 heavy (non-hydrogen) atoms. The molecule has 1 atom stereocenters. The van der Waals surface area contributed by atoms with E-state index in [1.807, 2.05) is 24.3 Å². The lowest BCUT2D eigenvalue weighted by molar-refractivity contribution is -0.156. The second kappa shape index (κ2) is 8.36. The molecule has 1 aromatic carbocycles. The van der Waals surface area contributed by atoms with E-state index >= 15 is 0 Å². The Bertz CT molecular complexity index is 695. The zero-order valence-corrected chi connectivity index (χ0v) is 15.3. The third-order valence-electron chi connectivity index (χ3n) is 4.79. The van der Waals surface area contributed by atoms with Gasteiger partial charge in [0, 0.05) is 12.1 Å². The van der Waals surface area contributed by atoms with Crippen LogP contribution >= 0.6 is 0 Å². The Morgan fingerprint density at radius 2 is 1.92 bits per heavy atom. The Labute approximate surface area is 153 Å². The summed E-state index contributed by atoms with van der Waals surface area (Å²) in [5.74, 6) is 0.382. The highest BCUT2D eigenvalue weighted by Crippen LogP contribution is 2.37. The van der Waals surface area contributed by atoms with E-state index in [1.165, 1.54) is 0 Å². The number of hydrogen-bond donors (Lipinski definition) is 0. The van der Waals surface area contributed by atoms with Crippen molar-refractivity contribution in [2.45, 2.75) is 45.4 Å². The van der Waals surface area contributed by atoms with Gasteiger partial charge in [-0.2, -0.15) is 0 Å². The Morgan fingerprint density at radius 1 is 1.19 bits per heavy atom. The van der Waals surface area contributed by atoms with Crippen molar-refractivity contribution >= 4 is 11.9 Å². The van der Waals surface area contributed by atoms with Gasteiger partial charge in [0.2, 0.25) is 0 Å². The highest BCUT2D eigenvalue weighted by atomic mass is 16.6. The maximum absolute atomic E-state index is 12.9. The van der Waals surface area contributed by atoms with E-state index in [0.29, 0.717) is 13.2 Å². The number of methoxy groups -OCH3 is 1. The van der Waals surface area contributed by atoms with Gasteiger partial charge >= 0.3 is 5.97 Å². The van der Waals surface area contributed by atoms with E-state index in [4.69, 9.17) is 14.2 Å². The molecule has 0 saturated heterocycles. The first-order chi connectivity index (χ1) is 12.6. The largest absolute Gasteiger partial charge is 0.497 e. The average Bonchev–Trinajstić information content (AvgIpc) is 2.93. The fourth-order valence-corrected chi connectivity index (χ4v) is 3.54. The number of amides is 1. The first kappa shape index (κ1) is 18.5. The molecule has 140 valence electrons. The van der Waals surface area contributed by atoms with E-state index in [1.54, 1.807) is 18.9 Å². The minimum absolute atomic E-state index is 0.0179. The van der Waals surface area contributed by atoms with Crippen LogP contribution in [0.25, 0.3) is 0 Å². The van der Waals surface area contributed by atoms with Crippen molar-refractivity contribution in [3.63, 3.8) is 0 Å². The fourth-order valence-electron chi connectivity index (χ4n) is 3.54. The van der Waals surface area contributed by atoms with Gasteiger partial charge < -0.3 is 19.1 Å². The number of carbonyl (C=O) groups excluding carboxylic acids is 2. The van der Waals surface area contributed by atoms with Crippen molar-refractivity contribution in [2.75, 3.05) is 20.3 Å². The highest BCUT2D eigenvalue weighted by Gasteiger charge is 2.40. The zero-order valence-electron chi connectivity index (χ0n) is 15.3. The summed E-state index contributed by atoms with van der Waals surface area (Å²) < 4.78 is 16.0. The minimum Gasteiger partial charge on any atom is -0.497 e. The molecular formula is C20H25NO5. The van der Waals surface area contributed by atoms with Gasteiger partial charge in [-0.05, 0) is 55.9 Å². The van der Waals surface area contributed by atoms with Crippen molar-refractivity contribution < 1.29 is 23.8 Å². The lowest BCUT2D eigenvalue weighted by atomic mass is 9.93. The van der Waals surface area contributed by atoms with Gasteiger partial charge in [0.15, 0.2) is 6.23 Å². The van der Waals surface area contributed by atoms with Crippen LogP contribution in [0.2, 0.25) is 0 Å². The van der Waals surface area contributed by atoms with Gasteiger partial charge in [0.25, 0.3) is 5.91 Å². The summed E-state index contributed by atoms with van der Waals surface area (Å²) in [6.07, 6.45) is 3.21. The molecule has 6 nitrogen and oxygen atoms in total. The van der Waals surface area contributed by atoms with E-state index < -0.39 is 12.2 Å². The molecule has 2 aliphatic rings. The Morgan fingerprint density at radius 3 is 2.62 bits per heavy atom. The number of benzene rings is 1. The van der Waals surface area contributed by atoms with Crippen LogP contribution < -0.4 is 4.74 Å². The molecule has 0 fully saturated rings. The summed E-state index contributed by atoms with van der Waals surface area (Å²) in [4.78, 5) is 26.3. The molecule has 0 spiro atoms. The highest BCUT2D eigenvalue weighted by molar-refractivity contribution is 5.97. The van der Waals surface area contributed by atoms with Crippen LogP contribution in [0.4, 0.5) is 0 Å². The van der Waals surface area contributed by atoms with Crippen molar-refractivity contribution in [3.8, 4) is 5.75 Å². The van der Waals surface area contributed by atoms with E-state index in [0.717, 1.165) is 48.1 Å². The second-order valence-corrected chi connectivity index (χ2v) is 6.46. The molecule has 1 aromatic rings. The summed E-state index contributed by atoms with van der Waals surface area (Å²) in [5.41, 5.74) is 2.88. The molecule has 0 bridgehead atoms. The van der Waals surface area contributed by atoms with Gasteiger partial charge in [-0.1, -0.05) is 12.1 Å². The number of hydrogen-bond acceptors (Lipinski definition) is 5. The number of carbonyl (C=O) groups is 2. The van der Waals surface area contributed by atoms with E-state index in [2.05, 4.69) is 0 Å². The first-order valence-electron chi connectivity index (χ1n) is 9.07. The lowest BCUT2D eigenvalue weighted by Gasteiger charge is -2.27. The maximum atomic E-state index is 12.9. The van der Waals surface area contributed by atoms with Crippen LogP contribution in [0.5, 0.6) is 5.75 Å². The fraction of sp³-hybridized carbons (Fsp3) is 0.500. The molecular weight excluding hydrogens is 334 g/mol. The summed E-state index contributed by atoms with van der Waals surface area (Å²) in [6.45, 7) is 2.36. The van der Waals surface area contributed by atoms with Crippen molar-refractivity contribution in [2.24, 2.45) is 0 Å². The molecule has 0 aromatic heterocycles. The monoisotopic (exact) mass is 359 g/mol. The third-order valence-corrected chi connectivity index (χ3v) is 4.79. The number of ether oxygens (including phenoxy) is 3. The van der Waals surface area contributed by atoms with E-state index in [9.17, 15) is 9.59 Å². The number of rotatable bonds is 7. The lowest BCUT2D eigenvalue weighted by Crippen LogP contribution is -2.38. The Balaban J connectivity index is 1.76. The van der Waals surface area contributed by atoms with Gasteiger partial charge in [0.1, 0.15) is 12.4 Å². The SMILES string of the molecule is CCOC(=O)COC1C2=C(CCCC2)C(=O)N1Cc1ccc(OC)cc1. The second-order valence-electron chi connectivity index (χ2n) is 6.46. The zero-order chi connectivity index (χ0) is 18.5. The standard InChI is InChI=1S/C20H25NO5/c1-3-25-18(22)13-26-20-17-7-5-4-6-16(17)19(23)21(20)12-14-8-10-15(24-2)11-9-14/h8-11,20H,3-7,12-13H2,1-2H3. The number of esters is 1. The third kappa shape index (κ3) is 3.90. The molecule has 1 heterocycles. The van der Waals surface area contributed by atoms with Crippen LogP contribution in [0.3, 0.4) is 0 Å². The number of nitrogens with zero attached hydrogens (tertiary/aromatic N) is 1. The summed E-state index contributed by atoms with van der Waals surface area (Å²) in [5, 5.41) is 0. The van der Waals surface area contributed by atoms with E-state index in [-0.39, 0.29) is 12.5 Å². The van der Waals surface area contributed by atoms with Gasteiger partial charge in [-0.25, -0.2) is 4.79 Å². The van der Waals surface area contributed by atoms with Gasteiger partial charge in [-0.3, -0.25) is 4.79 Å². The van der Waals surface area contributed by atoms with Crippen LogP contribution in [0.1, 0.15) is 38.2 Å². The van der Waals surface area contributed by atoms with Crippen molar-refractivity contribution in [1.29, 1.82) is 0 Å². The molecule has 0 N–H and O–H groups in total. The Hall–Kier alpha value is -2.34. The molecule has 0 saturated carbocycles. The molecule has 6 heteroatoms. The van der Waals surface area contributed by atoms with Crippen LogP contribution in [-0.4, -0.2) is 43.3 Å². The molecule has 1 aliphatic carbocycles.